The van der Waals surface area contributed by atoms with Crippen LogP contribution in [-0.2, 0) is 14.3 Å². The Balaban J connectivity index is 1.93. The van der Waals surface area contributed by atoms with Crippen molar-refractivity contribution in [2.45, 2.75) is 6.42 Å². The van der Waals surface area contributed by atoms with E-state index < -0.39 is 11.7 Å². The number of benzene rings is 1. The highest BCUT2D eigenvalue weighted by atomic mass is 79.9. The van der Waals surface area contributed by atoms with Gasteiger partial charge in [-0.1, -0.05) is 15.9 Å². The van der Waals surface area contributed by atoms with E-state index in [2.05, 4.69) is 15.9 Å². The van der Waals surface area contributed by atoms with E-state index in [9.17, 15) is 9.59 Å². The quantitative estimate of drug-likeness (QED) is 0.562. The van der Waals surface area contributed by atoms with Crippen LogP contribution < -0.4 is 4.90 Å². The number of amides is 1. The molecule has 0 fully saturated rings. The van der Waals surface area contributed by atoms with E-state index in [0.717, 1.165) is 4.47 Å². The van der Waals surface area contributed by atoms with Crippen LogP contribution in [0, 0.1) is 0 Å². The first-order valence-corrected chi connectivity index (χ1v) is 7.17. The average molecular weight is 342 g/mol. The third-order valence-corrected chi connectivity index (χ3v) is 3.53. The van der Waals surface area contributed by atoms with E-state index in [0.29, 0.717) is 44.0 Å². The van der Waals surface area contributed by atoms with Gasteiger partial charge in [-0.05, 0) is 24.6 Å². The fraction of sp³-hybridized carbons (Fsp3) is 0.429. The number of fused-ring (bicyclic) bond motifs is 1. The smallest absolute Gasteiger partial charge is 0.299 e. The molecular formula is C14H16BrNO4. The highest BCUT2D eigenvalue weighted by molar-refractivity contribution is 9.10. The molecule has 2 rings (SSSR count). The second kappa shape index (κ2) is 6.97. The molecule has 1 aromatic carbocycles. The summed E-state index contributed by atoms with van der Waals surface area (Å²) in [5.41, 5.74) is 1.14. The molecule has 5 nitrogen and oxygen atoms in total. The van der Waals surface area contributed by atoms with Crippen molar-refractivity contribution in [1.29, 1.82) is 0 Å². The molecule has 0 unspecified atom stereocenters. The largest absolute Gasteiger partial charge is 0.382 e. The highest BCUT2D eigenvalue weighted by Crippen LogP contribution is 2.31. The number of ketones is 1. The minimum absolute atomic E-state index is 0.443. The number of hydrogen-bond donors (Lipinski definition) is 0. The van der Waals surface area contributed by atoms with Crippen LogP contribution in [0.15, 0.2) is 22.7 Å². The van der Waals surface area contributed by atoms with Gasteiger partial charge in [0.2, 0.25) is 0 Å². The Kier molecular flexibility index (Phi) is 5.28. The van der Waals surface area contributed by atoms with E-state index in [1.165, 1.54) is 4.90 Å². The van der Waals surface area contributed by atoms with Crippen LogP contribution in [0.3, 0.4) is 0 Å². The lowest BCUT2D eigenvalue weighted by molar-refractivity contribution is -0.114. The molecule has 0 aromatic heterocycles. The number of Topliss-reactive ketones (excluding diaryl/α,β-unsaturated/α-hetero) is 1. The van der Waals surface area contributed by atoms with Crippen molar-refractivity contribution in [1.82, 2.24) is 0 Å². The number of methoxy groups -OCH3 is 1. The average Bonchev–Trinajstić information content (AvgIpc) is 2.67. The first-order valence-electron chi connectivity index (χ1n) is 6.37. The van der Waals surface area contributed by atoms with Gasteiger partial charge < -0.3 is 14.4 Å². The van der Waals surface area contributed by atoms with Gasteiger partial charge in [-0.2, -0.15) is 0 Å². The molecule has 1 heterocycles. The lowest BCUT2D eigenvalue weighted by Gasteiger charge is -2.16. The van der Waals surface area contributed by atoms with Crippen LogP contribution in [-0.4, -0.2) is 45.2 Å². The number of ether oxygens (including phenoxy) is 2. The Bertz CT molecular complexity index is 518. The zero-order valence-electron chi connectivity index (χ0n) is 11.2. The summed E-state index contributed by atoms with van der Waals surface area (Å²) < 4.78 is 11.0. The van der Waals surface area contributed by atoms with Gasteiger partial charge in [0, 0.05) is 24.7 Å². The van der Waals surface area contributed by atoms with Crippen LogP contribution in [0.1, 0.15) is 16.8 Å². The summed E-state index contributed by atoms with van der Waals surface area (Å²) in [6.07, 6.45) is 0.679. The molecule has 1 amide bonds. The number of halogens is 1. The number of rotatable bonds is 7. The van der Waals surface area contributed by atoms with Gasteiger partial charge in [-0.3, -0.25) is 9.59 Å². The van der Waals surface area contributed by atoms with E-state index in [1.54, 1.807) is 19.2 Å². The maximum Gasteiger partial charge on any atom is 0.299 e. The van der Waals surface area contributed by atoms with E-state index in [1.807, 2.05) is 6.07 Å². The van der Waals surface area contributed by atoms with Crippen molar-refractivity contribution in [3.63, 3.8) is 0 Å². The first kappa shape index (κ1) is 15.2. The summed E-state index contributed by atoms with van der Waals surface area (Å²) in [4.78, 5) is 25.3. The highest BCUT2D eigenvalue weighted by Gasteiger charge is 2.35. The summed E-state index contributed by atoms with van der Waals surface area (Å²) in [6.45, 7) is 2.10. The summed E-state index contributed by atoms with van der Waals surface area (Å²) in [5.74, 6) is -0.906. The Labute approximate surface area is 126 Å². The minimum atomic E-state index is -0.463. The SMILES string of the molecule is COCCOCCCN1C(=O)C(=O)c2cc(Br)ccc21. The molecule has 0 saturated heterocycles. The minimum Gasteiger partial charge on any atom is -0.382 e. The second-order valence-corrected chi connectivity index (χ2v) is 5.32. The first-order chi connectivity index (χ1) is 9.65. The van der Waals surface area contributed by atoms with Crippen LogP contribution in [0.2, 0.25) is 0 Å². The van der Waals surface area contributed by atoms with Crippen molar-refractivity contribution >= 4 is 33.3 Å². The van der Waals surface area contributed by atoms with Gasteiger partial charge in [-0.15, -0.1) is 0 Å². The van der Waals surface area contributed by atoms with Crippen molar-refractivity contribution in [2.24, 2.45) is 0 Å². The van der Waals surface area contributed by atoms with Gasteiger partial charge in [0.25, 0.3) is 11.7 Å². The van der Waals surface area contributed by atoms with Gasteiger partial charge in [0.05, 0.1) is 24.5 Å². The standard InChI is InChI=1S/C14H16BrNO4/c1-19-7-8-20-6-2-5-16-12-4-3-10(15)9-11(12)13(17)14(16)18/h3-4,9H,2,5-8H2,1H3. The van der Waals surface area contributed by atoms with Gasteiger partial charge in [-0.25, -0.2) is 0 Å². The fourth-order valence-corrected chi connectivity index (χ4v) is 2.42. The third-order valence-electron chi connectivity index (χ3n) is 3.04. The molecule has 0 spiro atoms. The predicted octanol–water partition coefficient (Wildman–Crippen LogP) is 2.03. The topological polar surface area (TPSA) is 55.8 Å². The number of carbonyl (C=O) groups is 2. The van der Waals surface area contributed by atoms with Crippen LogP contribution in [0.4, 0.5) is 5.69 Å². The summed E-state index contributed by atoms with van der Waals surface area (Å²) in [7, 11) is 1.62. The molecule has 0 radical (unpaired) electrons. The Morgan fingerprint density at radius 3 is 2.75 bits per heavy atom. The molecular weight excluding hydrogens is 326 g/mol. The van der Waals surface area contributed by atoms with E-state index in [4.69, 9.17) is 9.47 Å². The Hall–Kier alpha value is -1.24. The predicted molar refractivity (Wildman–Crippen MR) is 78.1 cm³/mol. The van der Waals surface area contributed by atoms with Crippen molar-refractivity contribution in [3.8, 4) is 0 Å². The maximum absolute atomic E-state index is 11.9. The normalized spacial score (nSPS) is 14.0. The molecule has 0 aliphatic carbocycles. The van der Waals surface area contributed by atoms with Gasteiger partial charge in [0.15, 0.2) is 0 Å². The summed E-state index contributed by atoms with van der Waals surface area (Å²) >= 11 is 3.31. The maximum atomic E-state index is 11.9. The molecule has 0 saturated carbocycles. The van der Waals surface area contributed by atoms with Crippen molar-refractivity contribution in [3.05, 3.63) is 28.2 Å². The molecule has 1 aliphatic heterocycles. The summed E-state index contributed by atoms with van der Waals surface area (Å²) in [6, 6.07) is 5.30. The second-order valence-electron chi connectivity index (χ2n) is 4.41. The molecule has 20 heavy (non-hydrogen) atoms. The van der Waals surface area contributed by atoms with Crippen LogP contribution in [0.5, 0.6) is 0 Å². The number of hydrogen-bond acceptors (Lipinski definition) is 4. The zero-order valence-corrected chi connectivity index (χ0v) is 12.8. The van der Waals surface area contributed by atoms with Crippen molar-refractivity contribution in [2.75, 3.05) is 38.4 Å². The lowest BCUT2D eigenvalue weighted by atomic mass is 10.1. The molecule has 1 aromatic rings. The lowest BCUT2D eigenvalue weighted by Crippen LogP contribution is -2.31. The van der Waals surface area contributed by atoms with Gasteiger partial charge >= 0.3 is 0 Å². The monoisotopic (exact) mass is 341 g/mol. The van der Waals surface area contributed by atoms with Crippen LogP contribution >= 0.6 is 15.9 Å². The van der Waals surface area contributed by atoms with Gasteiger partial charge in [0.1, 0.15) is 0 Å². The van der Waals surface area contributed by atoms with E-state index in [-0.39, 0.29) is 0 Å². The molecule has 6 heteroatoms. The number of carbonyl (C=O) groups excluding carboxylic acids is 2. The number of anilines is 1. The molecule has 0 bridgehead atoms. The van der Waals surface area contributed by atoms with Crippen molar-refractivity contribution < 1.29 is 19.1 Å². The number of nitrogens with zero attached hydrogens (tertiary/aromatic N) is 1. The third kappa shape index (κ3) is 3.26. The molecule has 0 atom stereocenters. The van der Waals surface area contributed by atoms with E-state index >= 15 is 0 Å². The summed E-state index contributed by atoms with van der Waals surface area (Å²) in [5, 5.41) is 0. The Morgan fingerprint density at radius 1 is 1.20 bits per heavy atom. The van der Waals surface area contributed by atoms with Crippen LogP contribution in [0.25, 0.3) is 0 Å². The molecule has 1 aliphatic rings. The fourth-order valence-electron chi connectivity index (χ4n) is 2.06. The molecule has 108 valence electrons. The Morgan fingerprint density at radius 2 is 2.00 bits per heavy atom. The zero-order chi connectivity index (χ0) is 14.5. The molecule has 0 N–H and O–H groups in total.